The smallest absolute Gasteiger partial charge is 0.407 e. The summed E-state index contributed by atoms with van der Waals surface area (Å²) in [5, 5.41) is 14.6. The van der Waals surface area contributed by atoms with Gasteiger partial charge in [-0.1, -0.05) is 61.4 Å². The fraction of sp³-hybridized carbons (Fsp3) is 0.423. The van der Waals surface area contributed by atoms with Crippen LogP contribution in [-0.2, 0) is 19.1 Å². The minimum Gasteiger partial charge on any atom is -0.480 e. The molecule has 2 atom stereocenters. The summed E-state index contributed by atoms with van der Waals surface area (Å²) in [6, 6.07) is 14.1. The molecule has 8 nitrogen and oxygen atoms in total. The van der Waals surface area contributed by atoms with Gasteiger partial charge in [0.1, 0.15) is 18.7 Å². The largest absolute Gasteiger partial charge is 0.480 e. The van der Waals surface area contributed by atoms with E-state index in [0.717, 1.165) is 35.1 Å². The standard InChI is InChI=1S/C26H30N2O6/c1-33-13-12-22(24(29)27-23(25(30)31)14-16-10-11-16)28-26(32)34-15-21-19-8-4-2-6-17(19)18-7-3-5-9-20(18)21/h2-9,16,21-23H,10-15H2,1H3,(H,27,29)(H,28,32)(H,30,31). The van der Waals surface area contributed by atoms with Gasteiger partial charge in [0.25, 0.3) is 0 Å². The SMILES string of the molecule is COCCC(NC(=O)OCC1c2ccccc2-c2ccccc21)C(=O)NC(CC1CC1)C(=O)O. The van der Waals surface area contributed by atoms with Crippen LogP contribution < -0.4 is 10.6 Å². The molecule has 2 aliphatic rings. The van der Waals surface area contributed by atoms with Gasteiger partial charge in [-0.15, -0.1) is 0 Å². The minimum atomic E-state index is -1.08. The van der Waals surface area contributed by atoms with Gasteiger partial charge in [-0.3, -0.25) is 4.79 Å². The minimum absolute atomic E-state index is 0.0978. The van der Waals surface area contributed by atoms with Gasteiger partial charge in [0.15, 0.2) is 0 Å². The van der Waals surface area contributed by atoms with Crippen molar-refractivity contribution in [2.45, 2.75) is 43.7 Å². The molecule has 0 bridgehead atoms. The fourth-order valence-corrected chi connectivity index (χ4v) is 4.47. The first-order chi connectivity index (χ1) is 16.5. The zero-order chi connectivity index (χ0) is 24.1. The summed E-state index contributed by atoms with van der Waals surface area (Å²) in [6.07, 6.45) is 1.81. The number of carbonyl (C=O) groups is 3. The second-order valence-electron chi connectivity index (χ2n) is 8.88. The van der Waals surface area contributed by atoms with Crippen molar-refractivity contribution in [3.8, 4) is 11.1 Å². The number of carbonyl (C=O) groups excluding carboxylic acids is 2. The number of rotatable bonds is 11. The number of hydrogen-bond acceptors (Lipinski definition) is 5. The normalized spacial score (nSPS) is 16.1. The van der Waals surface area contributed by atoms with E-state index in [1.165, 1.54) is 7.11 Å². The second kappa shape index (κ2) is 10.7. The molecule has 2 unspecified atom stereocenters. The van der Waals surface area contributed by atoms with E-state index in [0.29, 0.717) is 12.3 Å². The zero-order valence-electron chi connectivity index (χ0n) is 19.2. The monoisotopic (exact) mass is 466 g/mol. The fourth-order valence-electron chi connectivity index (χ4n) is 4.47. The van der Waals surface area contributed by atoms with Gasteiger partial charge in [-0.05, 0) is 34.6 Å². The Morgan fingerprint density at radius 3 is 2.15 bits per heavy atom. The number of alkyl carbamates (subject to hydrolysis) is 1. The lowest BCUT2D eigenvalue weighted by Gasteiger charge is -2.22. The van der Waals surface area contributed by atoms with Crippen molar-refractivity contribution in [2.75, 3.05) is 20.3 Å². The summed E-state index contributed by atoms with van der Waals surface area (Å²) >= 11 is 0. The van der Waals surface area contributed by atoms with E-state index < -0.39 is 30.1 Å². The third-order valence-corrected chi connectivity index (χ3v) is 6.44. The number of benzene rings is 2. The first kappa shape index (κ1) is 23.8. The Hall–Kier alpha value is -3.39. The van der Waals surface area contributed by atoms with Gasteiger partial charge in [0.05, 0.1) is 0 Å². The molecule has 0 aromatic heterocycles. The van der Waals surface area contributed by atoms with Crippen LogP contribution in [0.5, 0.6) is 0 Å². The van der Waals surface area contributed by atoms with Crippen molar-refractivity contribution >= 4 is 18.0 Å². The molecular formula is C26H30N2O6. The highest BCUT2D eigenvalue weighted by molar-refractivity contribution is 5.89. The number of hydrogen-bond donors (Lipinski definition) is 3. The van der Waals surface area contributed by atoms with E-state index >= 15 is 0 Å². The van der Waals surface area contributed by atoms with E-state index in [1.807, 2.05) is 36.4 Å². The third kappa shape index (κ3) is 5.56. The number of nitrogens with one attached hydrogen (secondary N) is 2. The zero-order valence-corrected chi connectivity index (χ0v) is 19.2. The van der Waals surface area contributed by atoms with Gasteiger partial charge >= 0.3 is 12.1 Å². The van der Waals surface area contributed by atoms with Crippen LogP contribution in [0.1, 0.15) is 42.7 Å². The Morgan fingerprint density at radius 2 is 1.59 bits per heavy atom. The Morgan fingerprint density at radius 1 is 0.971 bits per heavy atom. The first-order valence-corrected chi connectivity index (χ1v) is 11.6. The number of fused-ring (bicyclic) bond motifs is 3. The highest BCUT2D eigenvalue weighted by atomic mass is 16.5. The van der Waals surface area contributed by atoms with E-state index in [1.54, 1.807) is 0 Å². The average molecular weight is 467 g/mol. The summed E-state index contributed by atoms with van der Waals surface area (Å²) in [6.45, 7) is 0.347. The summed E-state index contributed by atoms with van der Waals surface area (Å²) in [5.41, 5.74) is 4.43. The highest BCUT2D eigenvalue weighted by Crippen LogP contribution is 2.44. The molecule has 2 aliphatic carbocycles. The molecule has 1 saturated carbocycles. The molecule has 2 aromatic carbocycles. The van der Waals surface area contributed by atoms with Crippen molar-refractivity contribution in [1.82, 2.24) is 10.6 Å². The molecule has 0 aliphatic heterocycles. The molecule has 0 heterocycles. The van der Waals surface area contributed by atoms with Crippen molar-refractivity contribution in [3.05, 3.63) is 59.7 Å². The van der Waals surface area contributed by atoms with E-state index in [4.69, 9.17) is 9.47 Å². The number of amides is 2. The van der Waals surface area contributed by atoms with Gasteiger partial charge < -0.3 is 25.2 Å². The van der Waals surface area contributed by atoms with E-state index in [9.17, 15) is 19.5 Å². The van der Waals surface area contributed by atoms with Gasteiger partial charge in [0.2, 0.25) is 5.91 Å². The number of carboxylic acids is 1. The molecule has 2 aromatic rings. The molecular weight excluding hydrogens is 436 g/mol. The maximum absolute atomic E-state index is 12.8. The Bertz CT molecular complexity index is 1010. The van der Waals surface area contributed by atoms with E-state index in [-0.39, 0.29) is 25.6 Å². The second-order valence-corrected chi connectivity index (χ2v) is 8.88. The van der Waals surface area contributed by atoms with Gasteiger partial charge in [0, 0.05) is 26.1 Å². The summed E-state index contributed by atoms with van der Waals surface area (Å²) in [4.78, 5) is 37.0. The molecule has 180 valence electrons. The lowest BCUT2D eigenvalue weighted by molar-refractivity contribution is -0.142. The molecule has 34 heavy (non-hydrogen) atoms. The molecule has 0 spiro atoms. The van der Waals surface area contributed by atoms with Crippen LogP contribution in [-0.4, -0.2) is 55.5 Å². The molecule has 8 heteroatoms. The number of aliphatic carboxylic acids is 1. The van der Waals surface area contributed by atoms with Gasteiger partial charge in [-0.2, -0.15) is 0 Å². The van der Waals surface area contributed by atoms with Crippen LogP contribution in [0, 0.1) is 5.92 Å². The lowest BCUT2D eigenvalue weighted by atomic mass is 9.98. The van der Waals surface area contributed by atoms with Gasteiger partial charge in [-0.25, -0.2) is 9.59 Å². The predicted octanol–water partition coefficient (Wildman–Crippen LogP) is 3.30. The molecule has 2 amide bonds. The van der Waals surface area contributed by atoms with Crippen molar-refractivity contribution < 1.29 is 29.0 Å². The Kier molecular flexibility index (Phi) is 7.47. The van der Waals surface area contributed by atoms with Crippen LogP contribution in [0.4, 0.5) is 4.79 Å². The summed E-state index contributed by atoms with van der Waals surface area (Å²) in [5.74, 6) is -1.40. The van der Waals surface area contributed by atoms with Crippen LogP contribution in [0.15, 0.2) is 48.5 Å². The first-order valence-electron chi connectivity index (χ1n) is 11.6. The Balaban J connectivity index is 1.38. The number of ether oxygens (including phenoxy) is 2. The van der Waals surface area contributed by atoms with Crippen LogP contribution >= 0.6 is 0 Å². The maximum Gasteiger partial charge on any atom is 0.407 e. The maximum atomic E-state index is 12.8. The van der Waals surface area contributed by atoms with Crippen molar-refractivity contribution in [2.24, 2.45) is 5.92 Å². The topological polar surface area (TPSA) is 114 Å². The number of carboxylic acid groups (broad SMARTS) is 1. The summed E-state index contributed by atoms with van der Waals surface area (Å²) in [7, 11) is 1.50. The third-order valence-electron chi connectivity index (χ3n) is 6.44. The lowest BCUT2D eigenvalue weighted by Crippen LogP contribution is -2.52. The molecule has 4 rings (SSSR count). The number of methoxy groups -OCH3 is 1. The average Bonchev–Trinajstić information content (AvgIpc) is 3.60. The quantitative estimate of drug-likeness (QED) is 0.468. The highest BCUT2D eigenvalue weighted by Gasteiger charge is 2.33. The predicted molar refractivity (Wildman–Crippen MR) is 125 cm³/mol. The van der Waals surface area contributed by atoms with Crippen LogP contribution in [0.3, 0.4) is 0 Å². The summed E-state index contributed by atoms with van der Waals surface area (Å²) < 4.78 is 10.6. The Labute approximate surface area is 198 Å². The van der Waals surface area contributed by atoms with Crippen LogP contribution in [0.25, 0.3) is 11.1 Å². The van der Waals surface area contributed by atoms with Crippen molar-refractivity contribution in [1.29, 1.82) is 0 Å². The molecule has 0 radical (unpaired) electrons. The molecule has 3 N–H and O–H groups in total. The molecule has 1 fully saturated rings. The van der Waals surface area contributed by atoms with Crippen molar-refractivity contribution in [3.63, 3.8) is 0 Å². The van der Waals surface area contributed by atoms with Crippen LogP contribution in [0.2, 0.25) is 0 Å². The van der Waals surface area contributed by atoms with E-state index in [2.05, 4.69) is 22.8 Å². The molecule has 0 saturated heterocycles.